The highest BCUT2D eigenvalue weighted by Crippen LogP contribution is 2.32. The molecular formula is C13H9N3O8S. The van der Waals surface area contributed by atoms with E-state index < -0.39 is 42.9 Å². The van der Waals surface area contributed by atoms with Crippen molar-refractivity contribution < 1.29 is 23.2 Å². The lowest BCUT2D eigenvalue weighted by Crippen LogP contribution is -2.05. The van der Waals surface area contributed by atoms with Crippen LogP contribution in [0.5, 0.6) is 5.75 Å². The molecule has 0 radical (unpaired) electrons. The molecule has 2 aromatic carbocycles. The van der Waals surface area contributed by atoms with Gasteiger partial charge >= 0.3 is 11.4 Å². The Hall–Kier alpha value is -3.41. The molecule has 0 amide bonds. The number of hydrogen-bond donors (Lipinski definition) is 0. The van der Waals surface area contributed by atoms with Crippen molar-refractivity contribution >= 4 is 28.1 Å². The zero-order valence-corrected chi connectivity index (χ0v) is 13.3. The topological polar surface area (TPSA) is 156 Å². The lowest BCUT2D eigenvalue weighted by atomic mass is 10.2. The summed E-state index contributed by atoms with van der Waals surface area (Å²) in [4.78, 5) is 29.8. The number of rotatable bonds is 6. The first-order chi connectivity index (χ1) is 11.7. The number of aryl methyl sites for hydroxylation is 1. The van der Waals surface area contributed by atoms with Crippen molar-refractivity contribution in [3.8, 4) is 5.75 Å². The first kappa shape index (κ1) is 17.9. The summed E-state index contributed by atoms with van der Waals surface area (Å²) in [5, 5.41) is 32.7. The lowest BCUT2D eigenvalue weighted by molar-refractivity contribution is -0.422. The van der Waals surface area contributed by atoms with Gasteiger partial charge in [-0.3, -0.25) is 30.3 Å². The first-order valence-electron chi connectivity index (χ1n) is 6.48. The Balaban J connectivity index is 2.39. The number of nitro benzene ring substituents is 3. The van der Waals surface area contributed by atoms with Gasteiger partial charge in [0.05, 0.1) is 20.8 Å². The zero-order valence-electron chi connectivity index (χ0n) is 12.5. The molecule has 0 N–H and O–H groups in total. The molecule has 12 heteroatoms. The van der Waals surface area contributed by atoms with Gasteiger partial charge in [-0.15, -0.1) is 0 Å². The van der Waals surface area contributed by atoms with Crippen LogP contribution in [0, 0.1) is 37.3 Å². The molecule has 0 saturated carbocycles. The fourth-order valence-corrected chi connectivity index (χ4v) is 2.75. The first-order valence-corrected chi connectivity index (χ1v) is 7.56. The van der Waals surface area contributed by atoms with Crippen LogP contribution in [0.15, 0.2) is 41.3 Å². The van der Waals surface area contributed by atoms with Gasteiger partial charge < -0.3 is 4.18 Å². The maximum Gasteiger partial charge on any atom is 0.349 e. The molecule has 0 aromatic heterocycles. The van der Waals surface area contributed by atoms with E-state index in [9.17, 15) is 34.6 Å². The fraction of sp³-hybridized carbons (Fsp3) is 0.0769. The predicted molar refractivity (Wildman–Crippen MR) is 84.6 cm³/mol. The van der Waals surface area contributed by atoms with Crippen LogP contribution in [-0.2, 0) is 11.1 Å². The molecule has 0 aliphatic carbocycles. The minimum atomic E-state index is -2.35. The van der Waals surface area contributed by atoms with Crippen molar-refractivity contribution in [1.82, 2.24) is 0 Å². The summed E-state index contributed by atoms with van der Waals surface area (Å²) >= 11 is -2.35. The highest BCUT2D eigenvalue weighted by molar-refractivity contribution is 7.80. The number of hydrogen-bond acceptors (Lipinski definition) is 8. The Morgan fingerprint density at radius 2 is 1.44 bits per heavy atom. The quantitative estimate of drug-likeness (QED) is 0.557. The van der Waals surface area contributed by atoms with Crippen molar-refractivity contribution in [1.29, 1.82) is 0 Å². The summed E-state index contributed by atoms with van der Waals surface area (Å²) in [5.41, 5.74) is -1.48. The third-order valence-electron chi connectivity index (χ3n) is 3.00. The molecule has 0 bridgehead atoms. The van der Waals surface area contributed by atoms with E-state index in [4.69, 9.17) is 4.18 Å². The minimum Gasteiger partial charge on any atom is -0.397 e. The molecule has 130 valence electrons. The molecule has 1 atom stereocenters. The Morgan fingerprint density at radius 3 is 2.00 bits per heavy atom. The van der Waals surface area contributed by atoms with Crippen LogP contribution in [0.3, 0.4) is 0 Å². The summed E-state index contributed by atoms with van der Waals surface area (Å²) < 4.78 is 17.2. The Labute approximate surface area is 142 Å². The van der Waals surface area contributed by atoms with E-state index in [-0.39, 0.29) is 10.6 Å². The van der Waals surface area contributed by atoms with Crippen molar-refractivity contribution in [3.63, 3.8) is 0 Å². The second-order valence-corrected chi connectivity index (χ2v) is 5.79. The van der Waals surface area contributed by atoms with Crippen LogP contribution < -0.4 is 4.18 Å². The predicted octanol–water partition coefficient (Wildman–Crippen LogP) is 2.82. The molecule has 2 aromatic rings. The molecule has 1 unspecified atom stereocenters. The maximum absolute atomic E-state index is 12.2. The van der Waals surface area contributed by atoms with Crippen LogP contribution in [0.4, 0.5) is 17.1 Å². The van der Waals surface area contributed by atoms with E-state index in [2.05, 4.69) is 0 Å². The SMILES string of the molecule is Cc1ccc(S(=O)Oc2ccc([N+](=O)[O-])c([N+](=O)[O-])c2)c([N+](=O)[O-])c1. The monoisotopic (exact) mass is 367 g/mol. The van der Waals surface area contributed by atoms with Crippen molar-refractivity contribution in [2.24, 2.45) is 0 Å². The van der Waals surface area contributed by atoms with Crippen LogP contribution in [0.25, 0.3) is 0 Å². The van der Waals surface area contributed by atoms with Gasteiger partial charge in [0, 0.05) is 12.1 Å². The molecule has 0 spiro atoms. The lowest BCUT2D eigenvalue weighted by Gasteiger charge is -2.06. The second-order valence-electron chi connectivity index (χ2n) is 4.71. The number of benzene rings is 2. The van der Waals surface area contributed by atoms with Gasteiger partial charge in [0.15, 0.2) is 4.90 Å². The smallest absolute Gasteiger partial charge is 0.349 e. The Kier molecular flexibility index (Phi) is 5.02. The van der Waals surface area contributed by atoms with Gasteiger partial charge in [-0.05, 0) is 24.6 Å². The van der Waals surface area contributed by atoms with E-state index in [0.717, 1.165) is 18.2 Å². The zero-order chi connectivity index (χ0) is 18.7. The molecule has 0 aliphatic rings. The molecule has 0 fully saturated rings. The normalized spacial score (nSPS) is 11.6. The van der Waals surface area contributed by atoms with E-state index in [1.54, 1.807) is 6.92 Å². The molecule has 11 nitrogen and oxygen atoms in total. The Morgan fingerprint density at radius 1 is 0.840 bits per heavy atom. The van der Waals surface area contributed by atoms with Crippen molar-refractivity contribution in [2.45, 2.75) is 11.8 Å². The molecular weight excluding hydrogens is 358 g/mol. The van der Waals surface area contributed by atoms with Crippen molar-refractivity contribution in [3.05, 3.63) is 72.3 Å². The molecule has 0 aliphatic heterocycles. The van der Waals surface area contributed by atoms with Gasteiger partial charge in [-0.25, -0.2) is 4.21 Å². The molecule has 25 heavy (non-hydrogen) atoms. The molecule has 0 saturated heterocycles. The van der Waals surface area contributed by atoms with E-state index in [1.165, 1.54) is 18.2 Å². The van der Waals surface area contributed by atoms with Gasteiger partial charge in [0.25, 0.3) is 5.69 Å². The highest BCUT2D eigenvalue weighted by Gasteiger charge is 2.26. The summed E-state index contributed by atoms with van der Waals surface area (Å²) in [6.45, 7) is 1.61. The van der Waals surface area contributed by atoms with Gasteiger partial charge in [-0.1, -0.05) is 6.07 Å². The van der Waals surface area contributed by atoms with Gasteiger partial charge in [0.1, 0.15) is 5.75 Å². The van der Waals surface area contributed by atoms with E-state index >= 15 is 0 Å². The van der Waals surface area contributed by atoms with E-state index in [0.29, 0.717) is 5.56 Å². The summed E-state index contributed by atoms with van der Waals surface area (Å²) in [7, 11) is 0. The minimum absolute atomic E-state index is 0.239. The highest BCUT2D eigenvalue weighted by atomic mass is 32.2. The average Bonchev–Trinajstić information content (AvgIpc) is 2.54. The third kappa shape index (κ3) is 3.92. The maximum atomic E-state index is 12.2. The van der Waals surface area contributed by atoms with Gasteiger partial charge in [-0.2, -0.15) is 0 Å². The largest absolute Gasteiger partial charge is 0.397 e. The van der Waals surface area contributed by atoms with Crippen molar-refractivity contribution in [2.75, 3.05) is 0 Å². The van der Waals surface area contributed by atoms with Gasteiger partial charge in [0.2, 0.25) is 11.1 Å². The standard InChI is InChI=1S/C13H9N3O8S/c1-8-2-5-13(12(6-8)16(21)22)25(23)24-9-3-4-10(14(17)18)11(7-9)15(19)20/h2-7H,1H3. The number of nitro groups is 3. The van der Waals surface area contributed by atoms with Crippen LogP contribution in [0.1, 0.15) is 5.56 Å². The third-order valence-corrected chi connectivity index (χ3v) is 4.05. The molecule has 0 heterocycles. The summed E-state index contributed by atoms with van der Waals surface area (Å²) in [6, 6.07) is 6.51. The number of nitrogens with zero attached hydrogens (tertiary/aromatic N) is 3. The van der Waals surface area contributed by atoms with E-state index in [1.807, 2.05) is 0 Å². The van der Waals surface area contributed by atoms with Crippen LogP contribution in [0.2, 0.25) is 0 Å². The Bertz CT molecular complexity index is 914. The summed E-state index contributed by atoms with van der Waals surface area (Å²) in [6.07, 6.45) is 0. The summed E-state index contributed by atoms with van der Waals surface area (Å²) in [5.74, 6) is -0.300. The molecule has 2 rings (SSSR count). The second kappa shape index (κ2) is 7.00. The fourth-order valence-electron chi connectivity index (χ4n) is 1.90. The van der Waals surface area contributed by atoms with Crippen LogP contribution >= 0.6 is 0 Å². The van der Waals surface area contributed by atoms with Crippen LogP contribution in [-0.4, -0.2) is 19.0 Å². The average molecular weight is 367 g/mol.